The number of nitro benzene ring substituents is 1. The third-order valence-corrected chi connectivity index (χ3v) is 5.99. The second kappa shape index (κ2) is 9.98. The van der Waals surface area contributed by atoms with Crippen LogP contribution in [0.3, 0.4) is 0 Å². The Balaban J connectivity index is 1.49. The number of hydrogen-bond acceptors (Lipinski definition) is 6. The summed E-state index contributed by atoms with van der Waals surface area (Å²) in [5.74, 6) is 0. The number of rotatable bonds is 6. The number of non-ortho nitro benzene ring substituents is 1. The highest BCUT2D eigenvalue weighted by Gasteiger charge is 2.24. The molecule has 2 heterocycles. The molecule has 35 heavy (non-hydrogen) atoms. The summed E-state index contributed by atoms with van der Waals surface area (Å²) in [5.41, 5.74) is 1.94. The molecule has 0 aliphatic rings. The Bertz CT molecular complexity index is 1350. The fraction of sp³-hybridized carbons (Fsp3) is 0.160. The van der Waals surface area contributed by atoms with Gasteiger partial charge in [0, 0.05) is 45.4 Å². The summed E-state index contributed by atoms with van der Waals surface area (Å²) in [6.07, 6.45) is 5.15. The van der Waals surface area contributed by atoms with Crippen LogP contribution in [-0.4, -0.2) is 25.7 Å². The van der Waals surface area contributed by atoms with Gasteiger partial charge in [0.15, 0.2) is 0 Å². The molecular formula is C25H24N6O3S. The molecule has 0 aliphatic carbocycles. The van der Waals surface area contributed by atoms with Crippen LogP contribution in [0, 0.1) is 10.1 Å². The Hall–Kier alpha value is -4.18. The van der Waals surface area contributed by atoms with Gasteiger partial charge in [-0.3, -0.25) is 15.1 Å². The molecule has 0 spiro atoms. The van der Waals surface area contributed by atoms with E-state index in [0.717, 1.165) is 9.79 Å². The van der Waals surface area contributed by atoms with Crippen molar-refractivity contribution in [1.29, 1.82) is 0 Å². The van der Waals surface area contributed by atoms with Crippen LogP contribution in [0.1, 0.15) is 26.5 Å². The number of pyridine rings is 1. The lowest BCUT2D eigenvalue weighted by molar-refractivity contribution is -0.384. The monoisotopic (exact) mass is 488 g/mol. The van der Waals surface area contributed by atoms with Gasteiger partial charge >= 0.3 is 6.03 Å². The molecule has 178 valence electrons. The molecule has 2 N–H and O–H groups in total. The average molecular weight is 489 g/mol. The zero-order chi connectivity index (χ0) is 25.0. The maximum absolute atomic E-state index is 12.8. The van der Waals surface area contributed by atoms with Gasteiger partial charge in [-0.25, -0.2) is 9.48 Å². The van der Waals surface area contributed by atoms with Crippen molar-refractivity contribution in [2.75, 3.05) is 10.6 Å². The molecule has 2 aromatic carbocycles. The lowest BCUT2D eigenvalue weighted by atomic mass is 9.91. The Morgan fingerprint density at radius 3 is 2.34 bits per heavy atom. The number of aromatic nitrogens is 3. The molecule has 0 bridgehead atoms. The van der Waals surface area contributed by atoms with E-state index in [9.17, 15) is 14.9 Å². The quantitative estimate of drug-likeness (QED) is 0.244. The first kappa shape index (κ1) is 24.0. The minimum absolute atomic E-state index is 0.0342. The summed E-state index contributed by atoms with van der Waals surface area (Å²) in [6, 6.07) is 17.2. The molecule has 2 aromatic heterocycles. The van der Waals surface area contributed by atoms with E-state index < -0.39 is 11.0 Å². The van der Waals surface area contributed by atoms with Crippen LogP contribution in [0.5, 0.6) is 0 Å². The predicted octanol–water partition coefficient (Wildman–Crippen LogP) is 6.27. The first-order valence-corrected chi connectivity index (χ1v) is 11.6. The van der Waals surface area contributed by atoms with Crippen molar-refractivity contribution in [3.8, 4) is 5.69 Å². The summed E-state index contributed by atoms with van der Waals surface area (Å²) >= 11 is 1.60. The van der Waals surface area contributed by atoms with Gasteiger partial charge < -0.3 is 10.6 Å². The van der Waals surface area contributed by atoms with Crippen LogP contribution in [-0.2, 0) is 5.41 Å². The number of nitro groups is 1. The number of amides is 2. The molecule has 0 radical (unpaired) electrons. The zero-order valence-corrected chi connectivity index (χ0v) is 20.2. The number of nitrogens with one attached hydrogen (secondary N) is 2. The molecule has 4 aromatic rings. The molecule has 9 nitrogen and oxygen atoms in total. The molecule has 0 unspecified atom stereocenters. The van der Waals surface area contributed by atoms with Crippen molar-refractivity contribution in [3.05, 3.63) is 95.1 Å². The molecule has 0 saturated carbocycles. The van der Waals surface area contributed by atoms with E-state index in [-0.39, 0.29) is 11.1 Å². The Kier molecular flexibility index (Phi) is 6.83. The number of carbonyl (C=O) groups is 1. The van der Waals surface area contributed by atoms with Gasteiger partial charge in [-0.15, -0.1) is 0 Å². The van der Waals surface area contributed by atoms with E-state index in [0.29, 0.717) is 22.8 Å². The van der Waals surface area contributed by atoms with Gasteiger partial charge in [-0.1, -0.05) is 38.6 Å². The number of urea groups is 1. The number of benzene rings is 2. The molecule has 0 fully saturated rings. The normalized spacial score (nSPS) is 11.2. The molecule has 0 aliphatic heterocycles. The van der Waals surface area contributed by atoms with E-state index in [1.54, 1.807) is 42.5 Å². The SMILES string of the molecule is CC(C)(C)c1nn(-c2cccc([N+](=O)[O-])c2)cc1NC(=O)Nc1ccc(Sc2ccncc2)cc1. The standard InChI is InChI=1S/C25H24N6O3S/c1-25(2,3)23-22(16-30(29-23)18-5-4-6-19(15-18)31(33)34)28-24(32)27-17-7-9-20(10-8-17)35-21-11-13-26-14-12-21/h4-16H,1-3H3,(H2,27,28,32). The molecule has 10 heteroatoms. The summed E-state index contributed by atoms with van der Waals surface area (Å²) in [5, 5.41) is 21.5. The Morgan fingerprint density at radius 2 is 1.69 bits per heavy atom. The van der Waals surface area contributed by atoms with Crippen LogP contribution >= 0.6 is 11.8 Å². The van der Waals surface area contributed by atoms with E-state index in [2.05, 4.69) is 20.7 Å². The van der Waals surface area contributed by atoms with Gasteiger partial charge in [0.1, 0.15) is 0 Å². The van der Waals surface area contributed by atoms with Gasteiger partial charge in [-0.05, 0) is 42.5 Å². The predicted molar refractivity (Wildman–Crippen MR) is 136 cm³/mol. The van der Waals surface area contributed by atoms with Crippen molar-refractivity contribution >= 4 is 34.9 Å². The van der Waals surface area contributed by atoms with Crippen LogP contribution < -0.4 is 10.6 Å². The average Bonchev–Trinajstić information content (AvgIpc) is 3.25. The summed E-state index contributed by atoms with van der Waals surface area (Å²) in [7, 11) is 0. The first-order valence-electron chi connectivity index (χ1n) is 10.8. The second-order valence-corrected chi connectivity index (χ2v) is 9.90. The second-order valence-electron chi connectivity index (χ2n) is 8.75. The van der Waals surface area contributed by atoms with Crippen molar-refractivity contribution in [2.24, 2.45) is 0 Å². The minimum Gasteiger partial charge on any atom is -0.308 e. The van der Waals surface area contributed by atoms with Crippen molar-refractivity contribution < 1.29 is 9.72 Å². The van der Waals surface area contributed by atoms with Gasteiger partial charge in [0.25, 0.3) is 5.69 Å². The maximum atomic E-state index is 12.8. The molecule has 0 saturated heterocycles. The van der Waals surface area contributed by atoms with Crippen LogP contribution in [0.2, 0.25) is 0 Å². The zero-order valence-electron chi connectivity index (χ0n) is 19.4. The van der Waals surface area contributed by atoms with Crippen LogP contribution in [0.25, 0.3) is 5.69 Å². The third-order valence-electron chi connectivity index (χ3n) is 4.98. The Labute approximate surface area is 206 Å². The van der Waals surface area contributed by atoms with E-state index in [1.807, 2.05) is 57.2 Å². The number of anilines is 2. The fourth-order valence-corrected chi connectivity index (χ4v) is 4.14. The van der Waals surface area contributed by atoms with Crippen molar-refractivity contribution in [3.63, 3.8) is 0 Å². The lowest BCUT2D eigenvalue weighted by Gasteiger charge is -2.17. The minimum atomic E-state index is -0.453. The highest BCUT2D eigenvalue weighted by atomic mass is 32.2. The van der Waals surface area contributed by atoms with Crippen molar-refractivity contribution in [1.82, 2.24) is 14.8 Å². The first-order chi connectivity index (χ1) is 16.7. The smallest absolute Gasteiger partial charge is 0.308 e. The molecule has 4 rings (SSSR count). The Morgan fingerprint density at radius 1 is 1.00 bits per heavy atom. The highest BCUT2D eigenvalue weighted by Crippen LogP contribution is 2.31. The molecule has 0 atom stereocenters. The van der Waals surface area contributed by atoms with Gasteiger partial charge in [-0.2, -0.15) is 5.10 Å². The number of nitrogens with zero attached hydrogens (tertiary/aromatic N) is 4. The number of hydrogen-bond donors (Lipinski definition) is 2. The van der Waals surface area contributed by atoms with E-state index in [1.165, 1.54) is 16.8 Å². The van der Waals surface area contributed by atoms with Crippen LogP contribution in [0.4, 0.5) is 21.9 Å². The van der Waals surface area contributed by atoms with E-state index >= 15 is 0 Å². The topological polar surface area (TPSA) is 115 Å². The van der Waals surface area contributed by atoms with Crippen LogP contribution in [0.15, 0.2) is 89.0 Å². The van der Waals surface area contributed by atoms with Crippen molar-refractivity contribution in [2.45, 2.75) is 36.0 Å². The van der Waals surface area contributed by atoms with E-state index in [4.69, 9.17) is 0 Å². The summed E-state index contributed by atoms with van der Waals surface area (Å²) < 4.78 is 1.54. The third kappa shape index (κ3) is 6.04. The largest absolute Gasteiger partial charge is 0.323 e. The van der Waals surface area contributed by atoms with Gasteiger partial charge in [0.2, 0.25) is 0 Å². The maximum Gasteiger partial charge on any atom is 0.323 e. The highest BCUT2D eigenvalue weighted by molar-refractivity contribution is 7.99. The lowest BCUT2D eigenvalue weighted by Crippen LogP contribution is -2.22. The summed E-state index contributed by atoms with van der Waals surface area (Å²) in [6.45, 7) is 5.94. The molecule has 2 amide bonds. The fourth-order valence-electron chi connectivity index (χ4n) is 3.33. The number of carbonyl (C=O) groups excluding carboxylic acids is 1. The molecular weight excluding hydrogens is 464 g/mol. The van der Waals surface area contributed by atoms with Gasteiger partial charge in [0.05, 0.1) is 28.2 Å². The summed E-state index contributed by atoms with van der Waals surface area (Å²) in [4.78, 5) is 29.6.